The first-order valence-electron chi connectivity index (χ1n) is 4.43. The molecule has 1 rings (SSSR count). The Bertz CT molecular complexity index is 258. The van der Waals surface area contributed by atoms with Gasteiger partial charge in [-0.2, -0.15) is 4.98 Å². The summed E-state index contributed by atoms with van der Waals surface area (Å²) >= 11 is 0. The van der Waals surface area contributed by atoms with E-state index in [9.17, 15) is 5.11 Å². The molecule has 0 aliphatic carbocycles. The predicted octanol–water partition coefficient (Wildman–Crippen LogP) is 1.41. The first-order chi connectivity index (χ1) is 6.09. The Morgan fingerprint density at radius 2 is 2.31 bits per heavy atom. The Kier molecular flexibility index (Phi) is 3.31. The number of hydrogen-bond donors (Lipinski definition) is 2. The molecule has 0 saturated carbocycles. The number of oxazole rings is 1. The molecule has 1 atom stereocenters. The highest BCUT2D eigenvalue weighted by Gasteiger charge is 2.09. The van der Waals surface area contributed by atoms with E-state index in [0.717, 1.165) is 5.69 Å². The van der Waals surface area contributed by atoms with E-state index in [4.69, 9.17) is 4.42 Å². The smallest absolute Gasteiger partial charge is 0.294 e. The van der Waals surface area contributed by atoms with Gasteiger partial charge < -0.3 is 14.8 Å². The van der Waals surface area contributed by atoms with E-state index in [-0.39, 0.29) is 12.0 Å². The molecule has 2 N–H and O–H groups in total. The SMILES string of the molecule is Cc1coc(NCC(O)C(C)C)n1. The van der Waals surface area contributed by atoms with Crippen molar-refractivity contribution in [3.63, 3.8) is 0 Å². The number of aliphatic hydroxyl groups is 1. The first-order valence-corrected chi connectivity index (χ1v) is 4.43. The van der Waals surface area contributed by atoms with Gasteiger partial charge in [-0.1, -0.05) is 13.8 Å². The molecule has 74 valence electrons. The van der Waals surface area contributed by atoms with Gasteiger partial charge in [-0.3, -0.25) is 0 Å². The number of nitrogens with one attached hydrogen (secondary N) is 1. The first kappa shape index (κ1) is 10.1. The summed E-state index contributed by atoms with van der Waals surface area (Å²) in [6, 6.07) is 0.470. The number of hydrogen-bond acceptors (Lipinski definition) is 4. The summed E-state index contributed by atoms with van der Waals surface area (Å²) in [5.41, 5.74) is 0.835. The molecule has 0 spiro atoms. The molecule has 0 aliphatic rings. The molecule has 0 aromatic carbocycles. The summed E-state index contributed by atoms with van der Waals surface area (Å²) in [5, 5.41) is 12.4. The minimum absolute atomic E-state index is 0.239. The summed E-state index contributed by atoms with van der Waals surface area (Å²) in [6.07, 6.45) is 1.21. The topological polar surface area (TPSA) is 58.3 Å². The average Bonchev–Trinajstić information content (AvgIpc) is 2.47. The summed E-state index contributed by atoms with van der Waals surface area (Å²) in [6.45, 7) is 6.26. The molecule has 0 fully saturated rings. The third-order valence-corrected chi connectivity index (χ3v) is 1.85. The van der Waals surface area contributed by atoms with Crippen LogP contribution in [-0.4, -0.2) is 22.7 Å². The highest BCUT2D eigenvalue weighted by molar-refractivity contribution is 5.20. The molecule has 1 aromatic rings. The van der Waals surface area contributed by atoms with Crippen molar-refractivity contribution in [3.8, 4) is 0 Å². The van der Waals surface area contributed by atoms with E-state index in [0.29, 0.717) is 12.6 Å². The lowest BCUT2D eigenvalue weighted by atomic mass is 10.1. The number of aryl methyl sites for hydroxylation is 1. The third kappa shape index (κ3) is 3.06. The minimum Gasteiger partial charge on any atom is -0.432 e. The maximum Gasteiger partial charge on any atom is 0.294 e. The van der Waals surface area contributed by atoms with E-state index >= 15 is 0 Å². The lowest BCUT2D eigenvalue weighted by Crippen LogP contribution is -2.24. The molecular formula is C9H16N2O2. The van der Waals surface area contributed by atoms with Crippen LogP contribution < -0.4 is 5.32 Å². The van der Waals surface area contributed by atoms with Crippen LogP contribution >= 0.6 is 0 Å². The fourth-order valence-corrected chi connectivity index (χ4v) is 0.863. The molecule has 0 bridgehead atoms. The standard InChI is InChI=1S/C9H16N2O2/c1-6(2)8(12)4-10-9-11-7(3)5-13-9/h5-6,8,12H,4H2,1-3H3,(H,10,11). The van der Waals surface area contributed by atoms with Crippen molar-refractivity contribution in [3.05, 3.63) is 12.0 Å². The highest BCUT2D eigenvalue weighted by atomic mass is 16.4. The second-order valence-electron chi connectivity index (χ2n) is 3.49. The largest absolute Gasteiger partial charge is 0.432 e. The van der Waals surface area contributed by atoms with Crippen LogP contribution in [0.1, 0.15) is 19.5 Å². The Balaban J connectivity index is 2.35. The lowest BCUT2D eigenvalue weighted by molar-refractivity contribution is 0.137. The van der Waals surface area contributed by atoms with E-state index in [1.807, 2.05) is 20.8 Å². The summed E-state index contributed by atoms with van der Waals surface area (Å²) in [4.78, 5) is 4.05. The Labute approximate surface area is 78.0 Å². The van der Waals surface area contributed by atoms with Gasteiger partial charge in [0.25, 0.3) is 6.01 Å². The van der Waals surface area contributed by atoms with Crippen molar-refractivity contribution in [1.82, 2.24) is 4.98 Å². The number of rotatable bonds is 4. The molecular weight excluding hydrogens is 168 g/mol. The summed E-state index contributed by atoms with van der Waals surface area (Å²) in [7, 11) is 0. The van der Waals surface area contributed by atoms with Crippen LogP contribution in [0.25, 0.3) is 0 Å². The number of aromatic nitrogens is 1. The molecule has 1 aromatic heterocycles. The van der Waals surface area contributed by atoms with Gasteiger partial charge >= 0.3 is 0 Å². The summed E-state index contributed by atoms with van der Waals surface area (Å²) in [5.74, 6) is 0.239. The van der Waals surface area contributed by atoms with Gasteiger partial charge in [-0.25, -0.2) is 0 Å². The fourth-order valence-electron chi connectivity index (χ4n) is 0.863. The molecule has 0 radical (unpaired) electrons. The monoisotopic (exact) mass is 184 g/mol. The zero-order chi connectivity index (χ0) is 9.84. The van der Waals surface area contributed by atoms with Crippen LogP contribution in [0.5, 0.6) is 0 Å². The van der Waals surface area contributed by atoms with Gasteiger partial charge in [-0.05, 0) is 12.8 Å². The second kappa shape index (κ2) is 4.28. The molecule has 13 heavy (non-hydrogen) atoms. The molecule has 4 heteroatoms. The molecule has 4 nitrogen and oxygen atoms in total. The van der Waals surface area contributed by atoms with Crippen LogP contribution in [0, 0.1) is 12.8 Å². The second-order valence-corrected chi connectivity index (χ2v) is 3.49. The summed E-state index contributed by atoms with van der Waals surface area (Å²) < 4.78 is 5.06. The van der Waals surface area contributed by atoms with Crippen LogP contribution in [-0.2, 0) is 0 Å². The maximum absolute atomic E-state index is 9.46. The van der Waals surface area contributed by atoms with Crippen LogP contribution in [0.4, 0.5) is 6.01 Å². The zero-order valence-electron chi connectivity index (χ0n) is 8.24. The van der Waals surface area contributed by atoms with Crippen molar-refractivity contribution in [2.45, 2.75) is 26.9 Å². The molecule has 0 amide bonds. The minimum atomic E-state index is -0.368. The molecule has 0 saturated heterocycles. The van der Waals surface area contributed by atoms with Gasteiger partial charge in [-0.15, -0.1) is 0 Å². The van der Waals surface area contributed by atoms with Gasteiger partial charge in [0.2, 0.25) is 0 Å². The molecule has 1 unspecified atom stereocenters. The Hall–Kier alpha value is -1.03. The zero-order valence-corrected chi connectivity index (χ0v) is 8.24. The van der Waals surface area contributed by atoms with Gasteiger partial charge in [0.1, 0.15) is 6.26 Å². The Morgan fingerprint density at radius 3 is 2.77 bits per heavy atom. The molecule has 0 aliphatic heterocycles. The van der Waals surface area contributed by atoms with Gasteiger partial charge in [0.15, 0.2) is 0 Å². The van der Waals surface area contributed by atoms with Crippen LogP contribution in [0.2, 0.25) is 0 Å². The quantitative estimate of drug-likeness (QED) is 0.742. The number of anilines is 1. The number of nitrogens with zero attached hydrogens (tertiary/aromatic N) is 1. The maximum atomic E-state index is 9.46. The van der Waals surface area contributed by atoms with Crippen molar-refractivity contribution in [2.24, 2.45) is 5.92 Å². The van der Waals surface area contributed by atoms with Crippen LogP contribution in [0.15, 0.2) is 10.7 Å². The van der Waals surface area contributed by atoms with Gasteiger partial charge in [0, 0.05) is 6.54 Å². The van der Waals surface area contributed by atoms with E-state index in [2.05, 4.69) is 10.3 Å². The van der Waals surface area contributed by atoms with E-state index in [1.165, 1.54) is 0 Å². The van der Waals surface area contributed by atoms with Crippen molar-refractivity contribution in [1.29, 1.82) is 0 Å². The van der Waals surface area contributed by atoms with Crippen LogP contribution in [0.3, 0.4) is 0 Å². The van der Waals surface area contributed by atoms with Crippen molar-refractivity contribution in [2.75, 3.05) is 11.9 Å². The Morgan fingerprint density at radius 1 is 1.62 bits per heavy atom. The average molecular weight is 184 g/mol. The number of aliphatic hydroxyl groups excluding tert-OH is 1. The van der Waals surface area contributed by atoms with Gasteiger partial charge in [0.05, 0.1) is 11.8 Å². The molecule has 1 heterocycles. The van der Waals surface area contributed by atoms with Crippen molar-refractivity contribution >= 4 is 6.01 Å². The fraction of sp³-hybridized carbons (Fsp3) is 0.667. The van der Waals surface area contributed by atoms with Crippen molar-refractivity contribution < 1.29 is 9.52 Å². The highest BCUT2D eigenvalue weighted by Crippen LogP contribution is 2.07. The van der Waals surface area contributed by atoms with E-state index < -0.39 is 0 Å². The lowest BCUT2D eigenvalue weighted by Gasteiger charge is -2.13. The third-order valence-electron chi connectivity index (χ3n) is 1.85. The normalized spacial score (nSPS) is 13.3. The van der Waals surface area contributed by atoms with E-state index in [1.54, 1.807) is 6.26 Å². The predicted molar refractivity (Wildman–Crippen MR) is 50.6 cm³/mol.